The van der Waals surface area contributed by atoms with Gasteiger partial charge in [-0.2, -0.15) is 0 Å². The molecule has 1 aliphatic rings. The lowest BCUT2D eigenvalue weighted by atomic mass is 10.1. The van der Waals surface area contributed by atoms with Gasteiger partial charge in [-0.25, -0.2) is 9.97 Å². The molecule has 1 saturated heterocycles. The zero-order valence-electron chi connectivity index (χ0n) is 19.2. The van der Waals surface area contributed by atoms with E-state index in [2.05, 4.69) is 30.5 Å². The van der Waals surface area contributed by atoms with Gasteiger partial charge in [-0.3, -0.25) is 14.7 Å². The highest BCUT2D eigenvalue weighted by molar-refractivity contribution is 7.19. The molecule has 1 aliphatic heterocycles. The van der Waals surface area contributed by atoms with Crippen LogP contribution in [-0.4, -0.2) is 65.2 Å². The van der Waals surface area contributed by atoms with Crippen LogP contribution in [0.5, 0.6) is 0 Å². The third kappa shape index (κ3) is 6.21. The van der Waals surface area contributed by atoms with Crippen molar-refractivity contribution in [3.63, 3.8) is 0 Å². The normalized spacial score (nSPS) is 15.0. The summed E-state index contributed by atoms with van der Waals surface area (Å²) in [6.07, 6.45) is 3.55. The zero-order chi connectivity index (χ0) is 22.9. The van der Waals surface area contributed by atoms with Crippen molar-refractivity contribution in [2.24, 2.45) is 0 Å². The van der Waals surface area contributed by atoms with Gasteiger partial charge in [0.1, 0.15) is 0 Å². The Morgan fingerprint density at radius 3 is 2.78 bits per heavy atom. The summed E-state index contributed by atoms with van der Waals surface area (Å²) in [6.45, 7) is 12.7. The van der Waals surface area contributed by atoms with Crippen LogP contribution in [0, 0.1) is 6.92 Å². The number of amides is 1. The second-order valence-corrected chi connectivity index (χ2v) is 8.59. The second-order valence-electron chi connectivity index (χ2n) is 7.33. The number of aromatic nitrogens is 3. The van der Waals surface area contributed by atoms with Crippen LogP contribution < -0.4 is 10.6 Å². The van der Waals surface area contributed by atoms with Gasteiger partial charge < -0.3 is 15.4 Å². The van der Waals surface area contributed by atoms with Crippen LogP contribution in [0.25, 0.3) is 10.2 Å². The van der Waals surface area contributed by atoms with Crippen molar-refractivity contribution in [3.8, 4) is 0 Å². The van der Waals surface area contributed by atoms with E-state index in [0.717, 1.165) is 53.5 Å². The Labute approximate surface area is 193 Å². The van der Waals surface area contributed by atoms with Crippen LogP contribution >= 0.6 is 11.3 Å². The minimum atomic E-state index is -0.172. The summed E-state index contributed by atoms with van der Waals surface area (Å²) in [6, 6.07) is 5.85. The minimum Gasteiger partial charge on any atom is -0.379 e. The van der Waals surface area contributed by atoms with E-state index in [-0.39, 0.29) is 11.9 Å². The van der Waals surface area contributed by atoms with Crippen LogP contribution in [0.4, 0.5) is 5.95 Å². The number of thiophene rings is 1. The van der Waals surface area contributed by atoms with Crippen molar-refractivity contribution in [3.05, 3.63) is 46.7 Å². The molecule has 32 heavy (non-hydrogen) atoms. The summed E-state index contributed by atoms with van der Waals surface area (Å²) in [5, 5.41) is 6.32. The first-order chi connectivity index (χ1) is 15.6. The summed E-state index contributed by atoms with van der Waals surface area (Å²) in [7, 11) is 0. The summed E-state index contributed by atoms with van der Waals surface area (Å²) in [5.41, 5.74) is 2.23. The molecule has 1 atom stereocenters. The van der Waals surface area contributed by atoms with Gasteiger partial charge in [0.2, 0.25) is 5.95 Å². The van der Waals surface area contributed by atoms with E-state index >= 15 is 0 Å². The van der Waals surface area contributed by atoms with Crippen molar-refractivity contribution in [2.75, 3.05) is 44.7 Å². The number of aryl methyl sites for hydroxylation is 1. The van der Waals surface area contributed by atoms with E-state index in [1.165, 1.54) is 0 Å². The molecule has 0 spiro atoms. The van der Waals surface area contributed by atoms with Gasteiger partial charge in [0, 0.05) is 43.4 Å². The summed E-state index contributed by atoms with van der Waals surface area (Å²) in [4.78, 5) is 29.7. The Balaban J connectivity index is 0.00000141. The van der Waals surface area contributed by atoms with Gasteiger partial charge in [0.25, 0.3) is 5.91 Å². The highest BCUT2D eigenvalue weighted by Crippen LogP contribution is 2.28. The molecule has 8 nitrogen and oxygen atoms in total. The fourth-order valence-electron chi connectivity index (χ4n) is 3.41. The topological polar surface area (TPSA) is 92.3 Å². The van der Waals surface area contributed by atoms with Gasteiger partial charge in [-0.15, -0.1) is 11.3 Å². The molecule has 3 aromatic rings. The standard InChI is InChI=1S/C21H26N6O2S.C2H6/c1-14-12-17-19(30-14)18(20(28)23-6-7-27-8-10-29-11-9-27)26-21(25-17)24-15(2)16-4-3-5-22-13-16;1-2/h3-5,12-13,15H,6-11H2,1-2H3,(H,23,28)(H,24,25,26);1-2H3/t15-;/m0./s1. The second kappa shape index (κ2) is 11.8. The number of rotatable bonds is 7. The Morgan fingerprint density at radius 2 is 2.06 bits per heavy atom. The first-order valence-corrected chi connectivity index (χ1v) is 11.9. The molecule has 4 rings (SSSR count). The summed E-state index contributed by atoms with van der Waals surface area (Å²) in [5.74, 6) is 0.268. The van der Waals surface area contributed by atoms with Crippen molar-refractivity contribution in [1.29, 1.82) is 0 Å². The largest absolute Gasteiger partial charge is 0.379 e. The van der Waals surface area contributed by atoms with Gasteiger partial charge in [0.15, 0.2) is 5.69 Å². The molecule has 0 radical (unpaired) electrons. The monoisotopic (exact) mass is 456 g/mol. The van der Waals surface area contributed by atoms with E-state index in [4.69, 9.17) is 4.74 Å². The van der Waals surface area contributed by atoms with E-state index in [0.29, 0.717) is 18.2 Å². The van der Waals surface area contributed by atoms with E-state index in [1.54, 1.807) is 17.5 Å². The molecule has 0 bridgehead atoms. The van der Waals surface area contributed by atoms with Crippen LogP contribution in [-0.2, 0) is 4.74 Å². The molecule has 1 amide bonds. The molecule has 3 aromatic heterocycles. The maximum absolute atomic E-state index is 12.9. The molecule has 0 unspecified atom stereocenters. The molecule has 0 aliphatic carbocycles. The number of carbonyl (C=O) groups excluding carboxylic acids is 1. The maximum Gasteiger partial charge on any atom is 0.271 e. The zero-order valence-corrected chi connectivity index (χ0v) is 20.0. The lowest BCUT2D eigenvalue weighted by molar-refractivity contribution is 0.0383. The predicted octanol–water partition coefficient (Wildman–Crippen LogP) is 3.66. The number of nitrogens with one attached hydrogen (secondary N) is 2. The first-order valence-electron chi connectivity index (χ1n) is 11.1. The van der Waals surface area contributed by atoms with Crippen LogP contribution in [0.1, 0.15) is 47.7 Å². The van der Waals surface area contributed by atoms with Crippen molar-refractivity contribution < 1.29 is 9.53 Å². The van der Waals surface area contributed by atoms with Crippen molar-refractivity contribution in [2.45, 2.75) is 33.7 Å². The number of ether oxygens (including phenoxy) is 1. The molecule has 2 N–H and O–H groups in total. The first kappa shape index (κ1) is 24.0. The molecule has 9 heteroatoms. The average molecular weight is 457 g/mol. The quantitative estimate of drug-likeness (QED) is 0.560. The smallest absolute Gasteiger partial charge is 0.271 e. The van der Waals surface area contributed by atoms with Gasteiger partial charge in [-0.05, 0) is 31.5 Å². The number of carbonyl (C=O) groups is 1. The lowest BCUT2D eigenvalue weighted by Gasteiger charge is -2.26. The van der Waals surface area contributed by atoms with E-state index in [9.17, 15) is 4.79 Å². The molecule has 1 fully saturated rings. The third-order valence-electron chi connectivity index (χ3n) is 5.06. The Kier molecular flexibility index (Phi) is 8.90. The fraction of sp³-hybridized carbons (Fsp3) is 0.478. The fourth-order valence-corrected chi connectivity index (χ4v) is 4.35. The average Bonchev–Trinajstić information content (AvgIpc) is 3.21. The predicted molar refractivity (Wildman–Crippen MR) is 129 cm³/mol. The minimum absolute atomic E-state index is 0.0342. The van der Waals surface area contributed by atoms with Crippen molar-refractivity contribution in [1.82, 2.24) is 25.2 Å². The summed E-state index contributed by atoms with van der Waals surface area (Å²) < 4.78 is 6.18. The number of hydrogen-bond acceptors (Lipinski definition) is 8. The SMILES string of the molecule is CC.Cc1cc2nc(N[C@@H](C)c3cccnc3)nc(C(=O)NCCN3CCOCC3)c2s1. The number of fused-ring (bicyclic) bond motifs is 1. The highest BCUT2D eigenvalue weighted by atomic mass is 32.1. The van der Waals surface area contributed by atoms with Gasteiger partial charge >= 0.3 is 0 Å². The lowest BCUT2D eigenvalue weighted by Crippen LogP contribution is -2.41. The van der Waals surface area contributed by atoms with Crippen LogP contribution in [0.3, 0.4) is 0 Å². The third-order valence-corrected chi connectivity index (χ3v) is 6.10. The van der Waals surface area contributed by atoms with Crippen LogP contribution in [0.2, 0.25) is 0 Å². The maximum atomic E-state index is 12.9. The molecule has 4 heterocycles. The summed E-state index contributed by atoms with van der Waals surface area (Å²) >= 11 is 1.54. The van der Waals surface area contributed by atoms with Crippen molar-refractivity contribution >= 4 is 33.4 Å². The van der Waals surface area contributed by atoms with Crippen LogP contribution in [0.15, 0.2) is 30.6 Å². The number of morpholine rings is 1. The van der Waals surface area contributed by atoms with Gasteiger partial charge in [0.05, 0.1) is 29.5 Å². The number of anilines is 1. The number of nitrogens with zero attached hydrogens (tertiary/aromatic N) is 4. The number of pyridine rings is 1. The van der Waals surface area contributed by atoms with Gasteiger partial charge in [-0.1, -0.05) is 19.9 Å². The Morgan fingerprint density at radius 1 is 1.28 bits per heavy atom. The number of hydrogen-bond donors (Lipinski definition) is 2. The highest BCUT2D eigenvalue weighted by Gasteiger charge is 2.19. The van der Waals surface area contributed by atoms with E-state index < -0.39 is 0 Å². The molecular formula is C23H32N6O2S. The molecule has 172 valence electrons. The molecular weight excluding hydrogens is 424 g/mol. The molecule has 0 saturated carbocycles. The van der Waals surface area contributed by atoms with E-state index in [1.807, 2.05) is 52.1 Å². The Hall–Kier alpha value is -2.62. The molecule has 0 aromatic carbocycles. The Bertz CT molecular complexity index is 1000.